The predicted octanol–water partition coefficient (Wildman–Crippen LogP) is 2.54. The minimum atomic E-state index is 0.117. The van der Waals surface area contributed by atoms with E-state index in [1.165, 1.54) is 11.1 Å². The van der Waals surface area contributed by atoms with Gasteiger partial charge in [0.2, 0.25) is 0 Å². The van der Waals surface area contributed by atoms with Crippen LogP contribution in [0.25, 0.3) is 0 Å². The van der Waals surface area contributed by atoms with Gasteiger partial charge in [0.15, 0.2) is 0 Å². The van der Waals surface area contributed by atoms with Gasteiger partial charge in [-0.3, -0.25) is 11.3 Å². The third-order valence-electron chi connectivity index (χ3n) is 3.36. The highest BCUT2D eigenvalue weighted by Crippen LogP contribution is 2.24. The molecule has 0 aliphatic carbocycles. The second kappa shape index (κ2) is 8.37. The summed E-state index contributed by atoms with van der Waals surface area (Å²) in [5.74, 6) is 5.64. The van der Waals surface area contributed by atoms with Crippen LogP contribution in [0.4, 0.5) is 0 Å². The Morgan fingerprint density at radius 3 is 2.25 bits per heavy atom. The Morgan fingerprint density at radius 1 is 1.10 bits per heavy atom. The number of nitrogens with one attached hydrogen (secondary N) is 1. The summed E-state index contributed by atoms with van der Waals surface area (Å²) in [4.78, 5) is 0. The Hall–Kier alpha value is -0.940. The molecule has 3 N–H and O–H groups in total. The quantitative estimate of drug-likeness (QED) is 0.436. The molecule has 1 unspecified atom stereocenters. The average Bonchev–Trinajstić information content (AvgIpc) is 2.42. The average molecular weight is 280 g/mol. The van der Waals surface area contributed by atoms with Crippen molar-refractivity contribution in [3.05, 3.63) is 35.4 Å². The molecule has 4 heteroatoms. The minimum Gasteiger partial charge on any atom is -0.382 e. The van der Waals surface area contributed by atoms with Crippen molar-refractivity contribution >= 4 is 0 Å². The van der Waals surface area contributed by atoms with E-state index in [1.54, 1.807) is 7.11 Å². The summed E-state index contributed by atoms with van der Waals surface area (Å²) in [6.07, 6.45) is 0.842. The maximum absolute atomic E-state index is 5.64. The van der Waals surface area contributed by atoms with Gasteiger partial charge < -0.3 is 9.47 Å². The van der Waals surface area contributed by atoms with E-state index in [9.17, 15) is 0 Å². The lowest BCUT2D eigenvalue weighted by atomic mass is 9.86. The summed E-state index contributed by atoms with van der Waals surface area (Å²) in [5.41, 5.74) is 5.55. The molecule has 20 heavy (non-hydrogen) atoms. The Morgan fingerprint density at radius 2 is 1.75 bits per heavy atom. The highest BCUT2D eigenvalue weighted by Gasteiger charge is 2.15. The molecule has 0 bridgehead atoms. The van der Waals surface area contributed by atoms with Crippen LogP contribution in [0.15, 0.2) is 24.3 Å². The molecule has 0 fully saturated rings. The van der Waals surface area contributed by atoms with Crippen LogP contribution in [0.5, 0.6) is 0 Å². The highest BCUT2D eigenvalue weighted by molar-refractivity contribution is 5.29. The van der Waals surface area contributed by atoms with Gasteiger partial charge in [-0.05, 0) is 23.0 Å². The largest absolute Gasteiger partial charge is 0.382 e. The lowest BCUT2D eigenvalue weighted by molar-refractivity contribution is 0.0657. The van der Waals surface area contributed by atoms with E-state index in [-0.39, 0.29) is 11.5 Å². The van der Waals surface area contributed by atoms with Crippen LogP contribution >= 0.6 is 0 Å². The number of hydrogen-bond donors (Lipinski definition) is 2. The van der Waals surface area contributed by atoms with Gasteiger partial charge in [0.1, 0.15) is 0 Å². The van der Waals surface area contributed by atoms with Crippen molar-refractivity contribution in [2.75, 3.05) is 26.9 Å². The molecule has 0 radical (unpaired) electrons. The Labute approximate surface area is 122 Å². The Balaban J connectivity index is 2.53. The van der Waals surface area contributed by atoms with Crippen LogP contribution in [-0.2, 0) is 14.9 Å². The number of nitrogens with two attached hydrogens (primary N) is 1. The molecule has 114 valence electrons. The summed E-state index contributed by atoms with van der Waals surface area (Å²) in [6, 6.07) is 8.74. The molecular weight excluding hydrogens is 252 g/mol. The lowest BCUT2D eigenvalue weighted by Gasteiger charge is -2.21. The summed E-state index contributed by atoms with van der Waals surface area (Å²) in [7, 11) is 1.67. The van der Waals surface area contributed by atoms with E-state index in [1.807, 2.05) is 0 Å². The van der Waals surface area contributed by atoms with Crippen molar-refractivity contribution < 1.29 is 9.47 Å². The molecule has 1 aromatic carbocycles. The van der Waals surface area contributed by atoms with Gasteiger partial charge in [-0.1, -0.05) is 45.0 Å². The van der Waals surface area contributed by atoms with E-state index in [4.69, 9.17) is 15.3 Å². The third kappa shape index (κ3) is 5.59. The normalized spacial score (nSPS) is 13.4. The molecule has 1 atom stereocenters. The molecule has 4 nitrogen and oxygen atoms in total. The minimum absolute atomic E-state index is 0.117. The first kappa shape index (κ1) is 17.1. The molecule has 0 aromatic heterocycles. The van der Waals surface area contributed by atoms with Crippen molar-refractivity contribution in [3.8, 4) is 0 Å². The molecule has 1 aromatic rings. The first-order valence-corrected chi connectivity index (χ1v) is 7.12. The van der Waals surface area contributed by atoms with Crippen molar-refractivity contribution in [1.29, 1.82) is 0 Å². The topological polar surface area (TPSA) is 56.5 Å². The lowest BCUT2D eigenvalue weighted by Crippen LogP contribution is -2.29. The van der Waals surface area contributed by atoms with Crippen LogP contribution in [0, 0.1) is 0 Å². The molecule has 0 saturated heterocycles. The fourth-order valence-corrected chi connectivity index (χ4v) is 2.01. The van der Waals surface area contributed by atoms with Crippen LogP contribution < -0.4 is 11.3 Å². The van der Waals surface area contributed by atoms with Crippen LogP contribution in [0.1, 0.15) is 44.4 Å². The third-order valence-corrected chi connectivity index (χ3v) is 3.36. The van der Waals surface area contributed by atoms with Crippen molar-refractivity contribution in [1.82, 2.24) is 5.43 Å². The monoisotopic (exact) mass is 280 g/mol. The number of methoxy groups -OCH3 is 1. The zero-order valence-corrected chi connectivity index (χ0v) is 13.1. The molecule has 0 aliphatic rings. The molecule has 0 spiro atoms. The SMILES string of the molecule is COCCOCCC(NN)c1ccc(C(C)(C)C)cc1. The van der Waals surface area contributed by atoms with Gasteiger partial charge in [0, 0.05) is 19.8 Å². The standard InChI is InChI=1S/C16H28N2O2/c1-16(2,3)14-7-5-13(6-8-14)15(18-17)9-10-20-12-11-19-4/h5-8,15,18H,9-12,17H2,1-4H3. The zero-order valence-electron chi connectivity index (χ0n) is 13.1. The number of benzene rings is 1. The van der Waals surface area contributed by atoms with Gasteiger partial charge >= 0.3 is 0 Å². The molecule has 0 aliphatic heterocycles. The van der Waals surface area contributed by atoms with Gasteiger partial charge in [-0.25, -0.2) is 0 Å². The second-order valence-electron chi connectivity index (χ2n) is 5.99. The smallest absolute Gasteiger partial charge is 0.0700 e. The van der Waals surface area contributed by atoms with E-state index in [2.05, 4.69) is 50.5 Å². The summed E-state index contributed by atoms with van der Waals surface area (Å²) in [5, 5.41) is 0. The van der Waals surface area contributed by atoms with Gasteiger partial charge in [-0.15, -0.1) is 0 Å². The van der Waals surface area contributed by atoms with E-state index in [0.29, 0.717) is 19.8 Å². The van der Waals surface area contributed by atoms with E-state index < -0.39 is 0 Å². The van der Waals surface area contributed by atoms with Crippen LogP contribution in [0.2, 0.25) is 0 Å². The number of ether oxygens (including phenoxy) is 2. The summed E-state index contributed by atoms with van der Waals surface area (Å²) in [6.45, 7) is 8.55. The molecular formula is C16H28N2O2. The van der Waals surface area contributed by atoms with Gasteiger partial charge in [-0.2, -0.15) is 0 Å². The maximum atomic E-state index is 5.64. The predicted molar refractivity (Wildman–Crippen MR) is 82.5 cm³/mol. The van der Waals surface area contributed by atoms with Crippen molar-refractivity contribution in [3.63, 3.8) is 0 Å². The number of hydrazine groups is 1. The molecule has 1 rings (SSSR count). The Bertz CT molecular complexity index is 371. The number of hydrogen-bond acceptors (Lipinski definition) is 4. The number of rotatable bonds is 8. The molecule has 0 saturated carbocycles. The molecule has 0 heterocycles. The first-order chi connectivity index (χ1) is 9.49. The van der Waals surface area contributed by atoms with Crippen LogP contribution in [-0.4, -0.2) is 26.9 Å². The first-order valence-electron chi connectivity index (χ1n) is 7.12. The fourth-order valence-electron chi connectivity index (χ4n) is 2.01. The van der Waals surface area contributed by atoms with Gasteiger partial charge in [0.05, 0.1) is 13.2 Å². The second-order valence-corrected chi connectivity index (χ2v) is 5.99. The summed E-state index contributed by atoms with van der Waals surface area (Å²) < 4.78 is 10.4. The summed E-state index contributed by atoms with van der Waals surface area (Å²) >= 11 is 0. The highest BCUT2D eigenvalue weighted by atomic mass is 16.5. The van der Waals surface area contributed by atoms with E-state index in [0.717, 1.165) is 6.42 Å². The van der Waals surface area contributed by atoms with Gasteiger partial charge in [0.25, 0.3) is 0 Å². The van der Waals surface area contributed by atoms with E-state index >= 15 is 0 Å². The maximum Gasteiger partial charge on any atom is 0.0700 e. The zero-order chi connectivity index (χ0) is 15.0. The molecule has 0 amide bonds. The fraction of sp³-hybridized carbons (Fsp3) is 0.625. The van der Waals surface area contributed by atoms with Crippen molar-refractivity contribution in [2.24, 2.45) is 5.84 Å². The van der Waals surface area contributed by atoms with Crippen molar-refractivity contribution in [2.45, 2.75) is 38.6 Å². The van der Waals surface area contributed by atoms with Crippen LogP contribution in [0.3, 0.4) is 0 Å². The Kier molecular flexibility index (Phi) is 7.16.